The fraction of sp³-hybridized carbons (Fsp3) is 0.308. The number of hydrogen-bond donors (Lipinski definition) is 0. The zero-order valence-corrected chi connectivity index (χ0v) is 34.1. The van der Waals surface area contributed by atoms with E-state index in [4.69, 9.17) is 9.47 Å². The first-order chi connectivity index (χ1) is 26.7. The molecule has 0 radical (unpaired) electrons. The molecule has 0 amide bonds. The lowest BCUT2D eigenvalue weighted by Gasteiger charge is -2.45. The number of hydrogen-bond acceptors (Lipinski definition) is 2. The van der Waals surface area contributed by atoms with E-state index in [-0.39, 0.29) is 28.4 Å². The van der Waals surface area contributed by atoms with Gasteiger partial charge in [-0.2, -0.15) is 0 Å². The molecule has 3 heterocycles. The molecule has 11 rings (SSSR count). The maximum Gasteiger partial charge on any atom is 0.260 e. The highest BCUT2D eigenvalue weighted by molar-refractivity contribution is 6.98. The third kappa shape index (κ3) is 4.71. The summed E-state index contributed by atoms with van der Waals surface area (Å²) in [7, 11) is 0. The number of fused-ring (bicyclic) bond motifs is 9. The summed E-state index contributed by atoms with van der Waals surface area (Å²) in [6, 6.07) is 40.8. The topological polar surface area (TPSA) is 23.4 Å². The SMILES string of the molecule is CC1(C)CCC(C)(C)c2cc3c(cc21)Oc1cc(-c2ccccc2-n2c4ccccc4c4ccccc42)cc2c1B3c1cc3c(cc1O2)C(C)(C)CCC3(C)C. The minimum absolute atomic E-state index is 0.00593. The molecule has 0 saturated carbocycles. The molecule has 6 aromatic carbocycles. The van der Waals surface area contributed by atoms with Crippen molar-refractivity contribution in [2.24, 2.45) is 0 Å². The average molecular weight is 732 g/mol. The molecule has 7 aromatic rings. The molecular weight excluding hydrogens is 681 g/mol. The van der Waals surface area contributed by atoms with Gasteiger partial charge in [-0.3, -0.25) is 0 Å². The van der Waals surface area contributed by atoms with Gasteiger partial charge in [0, 0.05) is 21.8 Å². The molecule has 4 heteroatoms. The van der Waals surface area contributed by atoms with Crippen LogP contribution in [0.5, 0.6) is 23.0 Å². The second-order valence-electron chi connectivity index (χ2n) is 19.8. The van der Waals surface area contributed by atoms with E-state index in [9.17, 15) is 0 Å². The Hall–Kier alpha value is -5.22. The standard InChI is InChI=1S/C52H50BNO2/c1-49(2)21-23-51(5,6)37-29-44-39(27-35(37)49)53-40-28-36-38(52(7,8)24-22-50(36,3)4)30-45(40)56-47-26-31(25-46(55-44)48(47)53)32-15-9-12-18-41(32)54-42-19-13-10-16-33(42)34-17-11-14-20-43(34)54/h9-20,25-30H,21-24H2,1-8H3. The number of benzene rings is 6. The largest absolute Gasteiger partial charge is 0.458 e. The van der Waals surface area contributed by atoms with Crippen molar-refractivity contribution in [1.29, 1.82) is 0 Å². The van der Waals surface area contributed by atoms with Crippen LogP contribution in [-0.4, -0.2) is 11.3 Å². The Bertz CT molecular complexity index is 2670. The Morgan fingerprint density at radius 1 is 0.464 bits per heavy atom. The molecular formula is C52H50BNO2. The van der Waals surface area contributed by atoms with Crippen LogP contribution in [0.1, 0.15) is 103 Å². The third-order valence-electron chi connectivity index (χ3n) is 14.5. The molecule has 4 aliphatic rings. The zero-order valence-electron chi connectivity index (χ0n) is 34.1. The van der Waals surface area contributed by atoms with Gasteiger partial charge in [0.2, 0.25) is 0 Å². The molecule has 278 valence electrons. The molecule has 1 aromatic heterocycles. The van der Waals surface area contributed by atoms with Crippen molar-refractivity contribution < 1.29 is 9.47 Å². The second kappa shape index (κ2) is 11.2. The van der Waals surface area contributed by atoms with Gasteiger partial charge in [0.05, 0.1) is 16.7 Å². The van der Waals surface area contributed by atoms with Crippen molar-refractivity contribution in [3.05, 3.63) is 131 Å². The molecule has 56 heavy (non-hydrogen) atoms. The highest BCUT2D eigenvalue weighted by Crippen LogP contribution is 2.51. The van der Waals surface area contributed by atoms with Gasteiger partial charge in [-0.15, -0.1) is 0 Å². The van der Waals surface area contributed by atoms with E-state index in [0.717, 1.165) is 58.1 Å². The molecule has 3 nitrogen and oxygen atoms in total. The molecule has 0 saturated heterocycles. The minimum Gasteiger partial charge on any atom is -0.458 e. The first-order valence-corrected chi connectivity index (χ1v) is 20.7. The number of nitrogens with zero attached hydrogens (tertiary/aromatic N) is 1. The van der Waals surface area contributed by atoms with E-state index < -0.39 is 0 Å². The van der Waals surface area contributed by atoms with Gasteiger partial charge >= 0.3 is 0 Å². The number of para-hydroxylation sites is 3. The first-order valence-electron chi connectivity index (χ1n) is 20.7. The van der Waals surface area contributed by atoms with Crippen LogP contribution in [0.3, 0.4) is 0 Å². The van der Waals surface area contributed by atoms with Gasteiger partial charge in [0.15, 0.2) is 0 Å². The number of rotatable bonds is 2. The van der Waals surface area contributed by atoms with Crippen LogP contribution < -0.4 is 25.9 Å². The van der Waals surface area contributed by atoms with Crippen LogP contribution in [0.2, 0.25) is 0 Å². The minimum atomic E-state index is 0.00593. The number of aromatic nitrogens is 1. The van der Waals surface area contributed by atoms with E-state index in [1.165, 1.54) is 67.8 Å². The molecule has 0 N–H and O–H groups in total. The normalized spacial score (nSPS) is 18.9. The summed E-state index contributed by atoms with van der Waals surface area (Å²) >= 11 is 0. The van der Waals surface area contributed by atoms with Crippen molar-refractivity contribution in [2.45, 2.75) is 103 Å². The van der Waals surface area contributed by atoms with E-state index in [2.05, 4.69) is 169 Å². The van der Waals surface area contributed by atoms with E-state index in [1.54, 1.807) is 0 Å². The fourth-order valence-corrected chi connectivity index (χ4v) is 10.9. The van der Waals surface area contributed by atoms with Crippen molar-refractivity contribution in [2.75, 3.05) is 0 Å². The first kappa shape index (κ1) is 34.1. The average Bonchev–Trinajstić information content (AvgIpc) is 3.51. The third-order valence-corrected chi connectivity index (χ3v) is 14.5. The monoisotopic (exact) mass is 731 g/mol. The van der Waals surface area contributed by atoms with E-state index >= 15 is 0 Å². The highest BCUT2D eigenvalue weighted by Gasteiger charge is 2.46. The van der Waals surface area contributed by atoms with Crippen molar-refractivity contribution in [3.8, 4) is 39.8 Å². The van der Waals surface area contributed by atoms with Gasteiger partial charge in [0.25, 0.3) is 6.71 Å². The summed E-state index contributed by atoms with van der Waals surface area (Å²) in [5.41, 5.74) is 15.5. The van der Waals surface area contributed by atoms with Crippen LogP contribution in [-0.2, 0) is 21.7 Å². The Labute approximate surface area is 331 Å². The lowest BCUT2D eigenvalue weighted by atomic mass is 9.34. The molecule has 0 bridgehead atoms. The fourth-order valence-electron chi connectivity index (χ4n) is 10.9. The van der Waals surface area contributed by atoms with Crippen LogP contribution in [0, 0.1) is 0 Å². The molecule has 2 aliphatic heterocycles. The maximum absolute atomic E-state index is 7.20. The lowest BCUT2D eigenvalue weighted by Crippen LogP contribution is -2.58. The number of ether oxygens (including phenoxy) is 2. The second-order valence-corrected chi connectivity index (χ2v) is 19.8. The molecule has 2 aliphatic carbocycles. The van der Waals surface area contributed by atoms with Crippen LogP contribution in [0.4, 0.5) is 0 Å². The van der Waals surface area contributed by atoms with Gasteiger partial charge < -0.3 is 14.0 Å². The smallest absolute Gasteiger partial charge is 0.260 e. The van der Waals surface area contributed by atoms with Gasteiger partial charge in [0.1, 0.15) is 23.0 Å². The van der Waals surface area contributed by atoms with Gasteiger partial charge in [-0.25, -0.2) is 0 Å². The lowest BCUT2D eigenvalue weighted by molar-refractivity contribution is 0.330. The Morgan fingerprint density at radius 3 is 1.36 bits per heavy atom. The summed E-state index contributed by atoms with van der Waals surface area (Å²) in [5.74, 6) is 3.75. The Balaban J connectivity index is 1.17. The van der Waals surface area contributed by atoms with Crippen LogP contribution in [0.25, 0.3) is 38.6 Å². The molecule has 0 spiro atoms. The predicted octanol–water partition coefficient (Wildman–Crippen LogP) is 11.9. The maximum atomic E-state index is 7.20. The van der Waals surface area contributed by atoms with Gasteiger partial charge in [-0.1, -0.05) is 122 Å². The van der Waals surface area contributed by atoms with Crippen molar-refractivity contribution in [1.82, 2.24) is 4.57 Å². The van der Waals surface area contributed by atoms with Crippen molar-refractivity contribution >= 4 is 44.9 Å². The summed E-state index contributed by atoms with van der Waals surface area (Å²) in [5, 5.41) is 2.51. The molecule has 0 unspecified atom stereocenters. The summed E-state index contributed by atoms with van der Waals surface area (Å²) in [6.45, 7) is 19.3. The highest BCUT2D eigenvalue weighted by atomic mass is 16.5. The van der Waals surface area contributed by atoms with E-state index in [0.29, 0.717) is 0 Å². The molecule has 0 atom stereocenters. The zero-order chi connectivity index (χ0) is 38.5. The van der Waals surface area contributed by atoms with Crippen LogP contribution in [0.15, 0.2) is 109 Å². The van der Waals surface area contributed by atoms with Gasteiger partial charge in [-0.05, 0) is 129 Å². The molecule has 0 fully saturated rings. The summed E-state index contributed by atoms with van der Waals surface area (Å²) in [4.78, 5) is 0. The summed E-state index contributed by atoms with van der Waals surface area (Å²) < 4.78 is 16.8. The van der Waals surface area contributed by atoms with E-state index in [1.807, 2.05) is 0 Å². The quantitative estimate of drug-likeness (QED) is 0.165. The Kier molecular flexibility index (Phi) is 6.82. The predicted molar refractivity (Wildman–Crippen MR) is 234 cm³/mol. The summed E-state index contributed by atoms with van der Waals surface area (Å²) in [6.07, 6.45) is 4.66. The van der Waals surface area contributed by atoms with Crippen molar-refractivity contribution in [3.63, 3.8) is 0 Å². The Morgan fingerprint density at radius 2 is 0.875 bits per heavy atom. The van der Waals surface area contributed by atoms with Crippen LogP contribution >= 0.6 is 0 Å².